The molecule has 0 radical (unpaired) electrons. The topological polar surface area (TPSA) is 174 Å². The van der Waals surface area contributed by atoms with Crippen LogP contribution >= 0.6 is 23.5 Å². The van der Waals surface area contributed by atoms with E-state index in [0.29, 0.717) is 61.5 Å². The van der Waals surface area contributed by atoms with Crippen LogP contribution in [0.25, 0.3) is 11.4 Å². The predicted octanol–water partition coefficient (Wildman–Crippen LogP) is 2.09. The number of benzene rings is 2. The fraction of sp³-hybridized carbons (Fsp3) is 0.500. The largest absolute Gasteiger partial charge is 0.494 e. The summed E-state index contributed by atoms with van der Waals surface area (Å²) in [5, 5.41) is 45.4. The van der Waals surface area contributed by atoms with Crippen LogP contribution < -0.4 is 9.47 Å². The predicted molar refractivity (Wildman–Crippen MR) is 167 cm³/mol. The van der Waals surface area contributed by atoms with E-state index in [4.69, 9.17) is 23.7 Å². The molecule has 2 heterocycles. The van der Waals surface area contributed by atoms with Crippen molar-refractivity contribution in [1.29, 1.82) is 0 Å². The minimum atomic E-state index is -0.700. The van der Waals surface area contributed by atoms with Crippen LogP contribution in [0.1, 0.15) is 13.8 Å². The van der Waals surface area contributed by atoms with Gasteiger partial charge in [0.1, 0.15) is 11.5 Å². The molecule has 2 atom stereocenters. The second kappa shape index (κ2) is 19.3. The van der Waals surface area contributed by atoms with E-state index in [1.54, 1.807) is 9.36 Å². The van der Waals surface area contributed by atoms with Gasteiger partial charge in [-0.15, -0.1) is 10.2 Å². The van der Waals surface area contributed by atoms with E-state index in [2.05, 4.69) is 31.1 Å². The molecule has 2 aromatic heterocycles. The van der Waals surface area contributed by atoms with Gasteiger partial charge in [-0.05, 0) is 83.2 Å². The van der Waals surface area contributed by atoms with Crippen molar-refractivity contribution in [3.8, 4) is 22.9 Å². The van der Waals surface area contributed by atoms with Crippen molar-refractivity contribution >= 4 is 23.5 Å². The van der Waals surface area contributed by atoms with Gasteiger partial charge in [0.15, 0.2) is 0 Å². The highest BCUT2D eigenvalue weighted by Crippen LogP contribution is 2.22. The van der Waals surface area contributed by atoms with Crippen LogP contribution in [0.15, 0.2) is 58.8 Å². The second-order valence-corrected chi connectivity index (χ2v) is 11.3. The van der Waals surface area contributed by atoms with Gasteiger partial charge in [0.25, 0.3) is 0 Å². The van der Waals surface area contributed by atoms with Crippen molar-refractivity contribution in [1.82, 2.24) is 40.4 Å². The molecular formula is C28H38N8O7S2. The lowest BCUT2D eigenvalue weighted by Gasteiger charge is -2.12. The van der Waals surface area contributed by atoms with Crippen LogP contribution in [0, 0.1) is 0 Å². The normalized spacial score (nSPS) is 12.7. The number of ether oxygens (including phenoxy) is 5. The molecule has 0 amide bonds. The summed E-state index contributed by atoms with van der Waals surface area (Å²) < 4.78 is 30.7. The smallest absolute Gasteiger partial charge is 0.214 e. The van der Waals surface area contributed by atoms with E-state index >= 15 is 0 Å². The highest BCUT2D eigenvalue weighted by Gasteiger charge is 2.14. The van der Waals surface area contributed by atoms with Gasteiger partial charge >= 0.3 is 0 Å². The summed E-state index contributed by atoms with van der Waals surface area (Å²) in [5.41, 5.74) is 1.59. The Morgan fingerprint density at radius 1 is 0.622 bits per heavy atom. The summed E-state index contributed by atoms with van der Waals surface area (Å²) in [4.78, 5) is 0. The third-order valence-electron chi connectivity index (χ3n) is 5.84. The monoisotopic (exact) mass is 662 g/mol. The first kappa shape index (κ1) is 34.6. The fourth-order valence-corrected chi connectivity index (χ4v) is 5.37. The molecule has 0 aliphatic heterocycles. The molecule has 4 rings (SSSR count). The summed E-state index contributed by atoms with van der Waals surface area (Å²) >= 11 is 2.67. The van der Waals surface area contributed by atoms with E-state index in [1.807, 2.05) is 62.4 Å². The molecule has 45 heavy (non-hydrogen) atoms. The Balaban J connectivity index is 1.01. The summed E-state index contributed by atoms with van der Waals surface area (Å²) in [5.74, 6) is 2.27. The van der Waals surface area contributed by atoms with Crippen LogP contribution in [-0.4, -0.2) is 127 Å². The highest BCUT2D eigenvalue weighted by atomic mass is 32.2. The SMILES string of the molecule is CCOc1ccc(-n2nnnc2SCC(O)COCCOCCOCC(O)CSc2nnnn2-c2ccc(OCC)cc2)cc1. The minimum absolute atomic E-state index is 0.156. The molecule has 2 aromatic carbocycles. The molecule has 0 aliphatic rings. The Morgan fingerprint density at radius 2 is 1.02 bits per heavy atom. The van der Waals surface area contributed by atoms with Gasteiger partial charge in [0, 0.05) is 11.5 Å². The summed E-state index contributed by atoms with van der Waals surface area (Å²) in [6.07, 6.45) is -1.40. The average Bonchev–Trinajstić information content (AvgIpc) is 3.73. The zero-order valence-corrected chi connectivity index (χ0v) is 26.8. The van der Waals surface area contributed by atoms with Crippen molar-refractivity contribution in [2.24, 2.45) is 0 Å². The van der Waals surface area contributed by atoms with Crippen LogP contribution in [0.5, 0.6) is 11.5 Å². The molecule has 0 spiro atoms. The Morgan fingerprint density at radius 3 is 1.42 bits per heavy atom. The molecule has 0 saturated carbocycles. The van der Waals surface area contributed by atoms with Crippen LogP contribution in [0.3, 0.4) is 0 Å². The summed E-state index contributed by atoms with van der Waals surface area (Å²) in [6, 6.07) is 14.9. The van der Waals surface area contributed by atoms with E-state index in [0.717, 1.165) is 22.9 Å². The maximum absolute atomic E-state index is 10.3. The minimum Gasteiger partial charge on any atom is -0.494 e. The van der Waals surface area contributed by atoms with Crippen molar-refractivity contribution in [2.75, 3.05) is 64.4 Å². The Hall–Kier alpha value is -3.32. The Labute approximate surface area is 269 Å². The zero-order chi connectivity index (χ0) is 31.7. The van der Waals surface area contributed by atoms with Crippen molar-refractivity contribution in [2.45, 2.75) is 36.4 Å². The molecule has 2 unspecified atom stereocenters. The van der Waals surface area contributed by atoms with Crippen molar-refractivity contribution < 1.29 is 33.9 Å². The molecule has 0 saturated heterocycles. The maximum Gasteiger partial charge on any atom is 0.214 e. The average molecular weight is 663 g/mol. The molecular weight excluding hydrogens is 624 g/mol. The third kappa shape index (κ3) is 11.5. The van der Waals surface area contributed by atoms with Crippen LogP contribution in [-0.2, 0) is 14.2 Å². The van der Waals surface area contributed by atoms with Gasteiger partial charge in [-0.2, -0.15) is 9.36 Å². The number of tetrazole rings is 2. The van der Waals surface area contributed by atoms with Gasteiger partial charge in [-0.25, -0.2) is 0 Å². The van der Waals surface area contributed by atoms with E-state index in [-0.39, 0.29) is 13.2 Å². The van der Waals surface area contributed by atoms with E-state index in [1.165, 1.54) is 23.5 Å². The lowest BCUT2D eigenvalue weighted by molar-refractivity contribution is -0.0159. The van der Waals surface area contributed by atoms with Gasteiger partial charge in [-0.3, -0.25) is 0 Å². The lowest BCUT2D eigenvalue weighted by atomic mass is 10.3. The van der Waals surface area contributed by atoms with Crippen molar-refractivity contribution in [3.05, 3.63) is 48.5 Å². The van der Waals surface area contributed by atoms with Gasteiger partial charge in [0.2, 0.25) is 10.3 Å². The first-order valence-corrected chi connectivity index (χ1v) is 16.4. The maximum atomic E-state index is 10.3. The number of nitrogens with zero attached hydrogens (tertiary/aromatic N) is 8. The number of rotatable bonds is 22. The van der Waals surface area contributed by atoms with Gasteiger partial charge in [0.05, 0.1) is 76.4 Å². The van der Waals surface area contributed by atoms with Gasteiger partial charge in [-0.1, -0.05) is 23.5 Å². The number of hydrogen-bond donors (Lipinski definition) is 2. The number of hydrogen-bond acceptors (Lipinski definition) is 15. The standard InChI is InChI=1S/C28H38N8O7S2/c1-3-42-25-9-5-21(6-10-25)35-27(29-31-33-35)44-19-23(37)17-40-15-13-39-14-16-41-18-24(38)20-45-28-30-32-34-36(28)22-7-11-26(12-8-22)43-4-2/h5-12,23-24,37-38H,3-4,13-20H2,1-2H3. The molecule has 15 nitrogen and oxygen atoms in total. The number of thioether (sulfide) groups is 2. The van der Waals surface area contributed by atoms with Crippen molar-refractivity contribution in [3.63, 3.8) is 0 Å². The fourth-order valence-electron chi connectivity index (χ4n) is 3.78. The Bertz CT molecular complexity index is 1270. The van der Waals surface area contributed by atoms with Crippen LogP contribution in [0.2, 0.25) is 0 Å². The highest BCUT2D eigenvalue weighted by molar-refractivity contribution is 7.99. The summed E-state index contributed by atoms with van der Waals surface area (Å²) in [6.45, 7) is 6.72. The molecule has 0 fully saturated rings. The molecule has 0 bridgehead atoms. The second-order valence-electron chi connectivity index (χ2n) is 9.29. The first-order valence-electron chi connectivity index (χ1n) is 14.5. The summed E-state index contributed by atoms with van der Waals surface area (Å²) in [7, 11) is 0. The van der Waals surface area contributed by atoms with Crippen LogP contribution in [0.4, 0.5) is 0 Å². The lowest BCUT2D eigenvalue weighted by Crippen LogP contribution is -2.21. The Kier molecular flexibility index (Phi) is 14.8. The quantitative estimate of drug-likeness (QED) is 0.0924. The number of aliphatic hydroxyl groups is 2. The molecule has 244 valence electrons. The molecule has 17 heteroatoms. The third-order valence-corrected chi connectivity index (χ3v) is 7.97. The first-order chi connectivity index (χ1) is 22.1. The van der Waals surface area contributed by atoms with E-state index in [9.17, 15) is 10.2 Å². The molecule has 4 aromatic rings. The molecule has 2 N–H and O–H groups in total. The zero-order valence-electron chi connectivity index (χ0n) is 25.2. The van der Waals surface area contributed by atoms with Gasteiger partial charge < -0.3 is 33.9 Å². The molecule has 0 aliphatic carbocycles. The number of aromatic nitrogens is 8. The number of aliphatic hydroxyl groups excluding tert-OH is 2. The van der Waals surface area contributed by atoms with E-state index < -0.39 is 12.2 Å².